The molecule has 0 fully saturated rings. The van der Waals surface area contributed by atoms with Crippen LogP contribution in [0.2, 0.25) is 0 Å². The maximum Gasteiger partial charge on any atom is 0.534 e. The van der Waals surface area contributed by atoms with Crippen molar-refractivity contribution in [1.29, 1.82) is 0 Å². The van der Waals surface area contributed by atoms with E-state index in [1.165, 1.54) is 0 Å². The molecule has 0 saturated carbocycles. The fraction of sp³-hybridized carbons (Fsp3) is 0.600. The highest BCUT2D eigenvalue weighted by Crippen LogP contribution is 2.39. The number of hydrogen-bond acceptors (Lipinski definition) is 3. The van der Waals surface area contributed by atoms with Gasteiger partial charge in [0.2, 0.25) is 0 Å². The van der Waals surface area contributed by atoms with E-state index in [-0.39, 0.29) is 5.76 Å². The second-order valence-corrected chi connectivity index (χ2v) is 5.54. The van der Waals surface area contributed by atoms with Gasteiger partial charge in [-0.05, 0) is 31.9 Å². The monoisotopic (exact) mass is 270 g/mol. The standard InChI is InChI=1S/C10H13F3O3S/c1-5-6(2)8(4)9(7(5)3)16-17(14,15)10(11,12)13/h7H,1-4H3. The van der Waals surface area contributed by atoms with Gasteiger partial charge < -0.3 is 4.18 Å². The van der Waals surface area contributed by atoms with Crippen molar-refractivity contribution in [2.24, 2.45) is 5.92 Å². The van der Waals surface area contributed by atoms with Crippen molar-refractivity contribution in [3.05, 3.63) is 22.5 Å². The number of rotatable bonds is 2. The van der Waals surface area contributed by atoms with Crippen LogP contribution in [0.1, 0.15) is 27.7 Å². The van der Waals surface area contributed by atoms with Crippen molar-refractivity contribution < 1.29 is 25.8 Å². The SMILES string of the molecule is CC1=C(C)C(C)C(OS(=O)(=O)C(F)(F)F)=C1C. The molecule has 1 aliphatic carbocycles. The fourth-order valence-corrected chi connectivity index (χ4v) is 2.23. The quantitative estimate of drug-likeness (QED) is 0.572. The molecule has 1 rings (SSSR count). The predicted molar refractivity (Wildman–Crippen MR) is 56.3 cm³/mol. The maximum absolute atomic E-state index is 12.2. The number of halogens is 3. The normalized spacial score (nSPS) is 22.4. The molecule has 0 aromatic rings. The van der Waals surface area contributed by atoms with Crippen molar-refractivity contribution >= 4 is 10.1 Å². The molecule has 3 nitrogen and oxygen atoms in total. The van der Waals surface area contributed by atoms with Crippen LogP contribution in [0.3, 0.4) is 0 Å². The van der Waals surface area contributed by atoms with Gasteiger partial charge in [0.1, 0.15) is 5.76 Å². The third-order valence-corrected chi connectivity index (χ3v) is 4.02. The summed E-state index contributed by atoms with van der Waals surface area (Å²) in [7, 11) is -5.58. The Bertz CT molecular complexity index is 497. The first-order valence-corrected chi connectivity index (χ1v) is 6.29. The summed E-state index contributed by atoms with van der Waals surface area (Å²) < 4.78 is 62.6. The van der Waals surface area contributed by atoms with Gasteiger partial charge >= 0.3 is 15.6 Å². The Balaban J connectivity index is 3.10. The molecule has 1 atom stereocenters. The lowest BCUT2D eigenvalue weighted by Gasteiger charge is -2.15. The highest BCUT2D eigenvalue weighted by atomic mass is 32.2. The Morgan fingerprint density at radius 3 is 1.88 bits per heavy atom. The average molecular weight is 270 g/mol. The first kappa shape index (κ1) is 14.1. The van der Waals surface area contributed by atoms with Crippen LogP contribution in [0.15, 0.2) is 22.5 Å². The molecule has 0 saturated heterocycles. The van der Waals surface area contributed by atoms with E-state index in [0.29, 0.717) is 5.57 Å². The van der Waals surface area contributed by atoms with E-state index in [1.807, 2.05) is 0 Å². The summed E-state index contributed by atoms with van der Waals surface area (Å²) in [5, 5.41) is 0. The molecule has 0 amide bonds. The Kier molecular flexibility index (Phi) is 3.35. The number of alkyl halides is 3. The van der Waals surface area contributed by atoms with Crippen LogP contribution in [0, 0.1) is 5.92 Å². The molecule has 0 aromatic heterocycles. The van der Waals surface area contributed by atoms with Crippen molar-refractivity contribution in [1.82, 2.24) is 0 Å². The van der Waals surface area contributed by atoms with Gasteiger partial charge in [-0.3, -0.25) is 0 Å². The molecule has 0 heterocycles. The van der Waals surface area contributed by atoms with E-state index in [0.717, 1.165) is 11.1 Å². The molecule has 1 aliphatic rings. The highest BCUT2D eigenvalue weighted by Gasteiger charge is 2.49. The minimum absolute atomic E-state index is 0.141. The summed E-state index contributed by atoms with van der Waals surface area (Å²) in [4.78, 5) is 0. The summed E-state index contributed by atoms with van der Waals surface area (Å²) in [5.74, 6) is -0.593. The maximum atomic E-state index is 12.2. The van der Waals surface area contributed by atoms with Gasteiger partial charge in [0, 0.05) is 5.92 Å². The molecular weight excluding hydrogens is 257 g/mol. The van der Waals surface area contributed by atoms with Crippen molar-refractivity contribution in [3.63, 3.8) is 0 Å². The van der Waals surface area contributed by atoms with E-state index < -0.39 is 21.5 Å². The molecule has 7 heteroatoms. The van der Waals surface area contributed by atoms with Gasteiger partial charge in [-0.2, -0.15) is 21.6 Å². The molecular formula is C10H13F3O3S. The molecule has 0 aromatic carbocycles. The van der Waals surface area contributed by atoms with Gasteiger partial charge in [-0.1, -0.05) is 12.5 Å². The van der Waals surface area contributed by atoms with Crippen LogP contribution in [0.5, 0.6) is 0 Å². The minimum Gasteiger partial charge on any atom is -0.380 e. The zero-order valence-electron chi connectivity index (χ0n) is 9.84. The zero-order chi connectivity index (χ0) is 13.6. The van der Waals surface area contributed by atoms with E-state index in [2.05, 4.69) is 4.18 Å². The first-order chi connectivity index (χ1) is 7.49. The number of hydrogen-bond donors (Lipinski definition) is 0. The summed E-state index contributed by atoms with van der Waals surface area (Å²) in [6.07, 6.45) is 0. The molecule has 0 spiro atoms. The van der Waals surface area contributed by atoms with Crippen molar-refractivity contribution in [2.75, 3.05) is 0 Å². The third-order valence-electron chi connectivity index (χ3n) is 3.05. The average Bonchev–Trinajstić information content (AvgIpc) is 2.34. The lowest BCUT2D eigenvalue weighted by molar-refractivity contribution is -0.0525. The molecule has 17 heavy (non-hydrogen) atoms. The molecule has 98 valence electrons. The van der Waals surface area contributed by atoms with Crippen LogP contribution < -0.4 is 0 Å². The Morgan fingerprint density at radius 1 is 1.12 bits per heavy atom. The molecule has 0 aliphatic heterocycles. The Hall–Kier alpha value is -0.980. The zero-order valence-corrected chi connectivity index (χ0v) is 10.7. The molecule has 0 radical (unpaired) electrons. The molecule has 0 bridgehead atoms. The van der Waals surface area contributed by atoms with E-state index in [1.54, 1.807) is 27.7 Å². The predicted octanol–water partition coefficient (Wildman–Crippen LogP) is 3.11. The van der Waals surface area contributed by atoms with E-state index in [9.17, 15) is 21.6 Å². The topological polar surface area (TPSA) is 43.4 Å². The van der Waals surface area contributed by atoms with Crippen LogP contribution in [0.4, 0.5) is 13.2 Å². The third kappa shape index (κ3) is 2.34. The summed E-state index contributed by atoms with van der Waals surface area (Å²) >= 11 is 0. The summed E-state index contributed by atoms with van der Waals surface area (Å²) in [5.41, 5.74) is -3.37. The largest absolute Gasteiger partial charge is 0.534 e. The summed E-state index contributed by atoms with van der Waals surface area (Å²) in [6, 6.07) is 0. The molecule has 1 unspecified atom stereocenters. The second-order valence-electron chi connectivity index (χ2n) is 4.00. The van der Waals surface area contributed by atoms with Gasteiger partial charge in [0.25, 0.3) is 0 Å². The lowest BCUT2D eigenvalue weighted by atomic mass is 10.0. The van der Waals surface area contributed by atoms with Gasteiger partial charge in [0.05, 0.1) is 0 Å². The van der Waals surface area contributed by atoms with Crippen LogP contribution >= 0.6 is 0 Å². The highest BCUT2D eigenvalue weighted by molar-refractivity contribution is 7.87. The van der Waals surface area contributed by atoms with Crippen molar-refractivity contribution in [3.8, 4) is 0 Å². The van der Waals surface area contributed by atoms with Crippen molar-refractivity contribution in [2.45, 2.75) is 33.2 Å². The van der Waals surface area contributed by atoms with Crippen LogP contribution in [0.25, 0.3) is 0 Å². The molecule has 0 N–H and O–H groups in total. The van der Waals surface area contributed by atoms with E-state index >= 15 is 0 Å². The van der Waals surface area contributed by atoms with Gasteiger partial charge in [-0.15, -0.1) is 0 Å². The van der Waals surface area contributed by atoms with E-state index in [4.69, 9.17) is 0 Å². The summed E-state index contributed by atoms with van der Waals surface area (Å²) in [6.45, 7) is 6.61. The van der Waals surface area contributed by atoms with Crippen LogP contribution in [-0.2, 0) is 14.3 Å². The van der Waals surface area contributed by atoms with Gasteiger partial charge in [0.15, 0.2) is 0 Å². The smallest absolute Gasteiger partial charge is 0.380 e. The lowest BCUT2D eigenvalue weighted by Crippen LogP contribution is -2.26. The first-order valence-electron chi connectivity index (χ1n) is 4.88. The Labute approximate surface area is 98.1 Å². The number of allylic oxidation sites excluding steroid dienone is 3. The van der Waals surface area contributed by atoms with Gasteiger partial charge in [-0.25, -0.2) is 0 Å². The fourth-order valence-electron chi connectivity index (χ4n) is 1.63. The van der Waals surface area contributed by atoms with Crippen LogP contribution in [-0.4, -0.2) is 13.9 Å². The minimum atomic E-state index is -5.58. The Morgan fingerprint density at radius 2 is 1.59 bits per heavy atom. The second kappa shape index (κ2) is 4.04.